The van der Waals surface area contributed by atoms with Crippen molar-refractivity contribution < 1.29 is 14.3 Å². The highest BCUT2D eigenvalue weighted by atomic mass is 79.9. The molecule has 25 heavy (non-hydrogen) atoms. The molecule has 0 bridgehead atoms. The molecule has 1 aliphatic rings. The number of hydrogen-bond acceptors (Lipinski definition) is 4. The molecule has 1 aliphatic heterocycles. The maximum atomic E-state index is 12.3. The minimum absolute atomic E-state index is 0.179. The minimum atomic E-state index is -0.583. The van der Waals surface area contributed by atoms with Crippen molar-refractivity contribution in [2.75, 3.05) is 36.5 Å². The Kier molecular flexibility index (Phi) is 5.94. The van der Waals surface area contributed by atoms with Gasteiger partial charge in [-0.05, 0) is 55.5 Å². The molecule has 5 nitrogen and oxygen atoms in total. The summed E-state index contributed by atoms with van der Waals surface area (Å²) in [6, 6.07) is 15.3. The molecule has 1 heterocycles. The zero-order valence-electron chi connectivity index (χ0n) is 14.1. The quantitative estimate of drug-likeness (QED) is 0.825. The van der Waals surface area contributed by atoms with Gasteiger partial charge in [0.05, 0.1) is 13.2 Å². The number of nitrogens with zero attached hydrogens (tertiary/aromatic N) is 1. The fourth-order valence-electron chi connectivity index (χ4n) is 2.59. The Balaban J connectivity index is 1.55. The van der Waals surface area contributed by atoms with Crippen molar-refractivity contribution in [3.05, 3.63) is 53.0 Å². The molecule has 132 valence electrons. The van der Waals surface area contributed by atoms with Crippen LogP contribution in [0.1, 0.15) is 6.92 Å². The Bertz CT molecular complexity index is 698. The van der Waals surface area contributed by atoms with Crippen LogP contribution in [0.4, 0.5) is 11.4 Å². The summed E-state index contributed by atoms with van der Waals surface area (Å²) in [4.78, 5) is 14.6. The summed E-state index contributed by atoms with van der Waals surface area (Å²) in [6.45, 7) is 5.03. The summed E-state index contributed by atoms with van der Waals surface area (Å²) < 4.78 is 12.0. The Labute approximate surface area is 156 Å². The molecule has 2 aromatic carbocycles. The van der Waals surface area contributed by atoms with Gasteiger partial charge in [0.2, 0.25) is 0 Å². The lowest BCUT2D eigenvalue weighted by Gasteiger charge is -2.29. The molecular weight excluding hydrogens is 384 g/mol. The van der Waals surface area contributed by atoms with Crippen LogP contribution in [0.15, 0.2) is 53.0 Å². The first kappa shape index (κ1) is 17.8. The molecule has 0 spiro atoms. The Morgan fingerprint density at radius 2 is 1.76 bits per heavy atom. The number of ether oxygens (including phenoxy) is 2. The van der Waals surface area contributed by atoms with Gasteiger partial charge in [0.1, 0.15) is 5.75 Å². The topological polar surface area (TPSA) is 50.8 Å². The second-order valence-corrected chi connectivity index (χ2v) is 6.77. The van der Waals surface area contributed by atoms with Gasteiger partial charge in [-0.2, -0.15) is 0 Å². The number of hydrogen-bond donors (Lipinski definition) is 1. The Morgan fingerprint density at radius 3 is 2.40 bits per heavy atom. The van der Waals surface area contributed by atoms with E-state index in [1.165, 1.54) is 0 Å². The maximum absolute atomic E-state index is 12.3. The average molecular weight is 405 g/mol. The van der Waals surface area contributed by atoms with Gasteiger partial charge < -0.3 is 19.7 Å². The number of benzene rings is 2. The number of carbonyl (C=O) groups is 1. The van der Waals surface area contributed by atoms with Gasteiger partial charge in [-0.25, -0.2) is 0 Å². The molecule has 1 amide bonds. The lowest BCUT2D eigenvalue weighted by Crippen LogP contribution is -2.36. The lowest BCUT2D eigenvalue weighted by molar-refractivity contribution is -0.122. The van der Waals surface area contributed by atoms with Crippen LogP contribution < -0.4 is 15.0 Å². The van der Waals surface area contributed by atoms with E-state index >= 15 is 0 Å². The van der Waals surface area contributed by atoms with E-state index in [0.29, 0.717) is 5.75 Å². The number of anilines is 2. The van der Waals surface area contributed by atoms with Crippen molar-refractivity contribution in [2.24, 2.45) is 0 Å². The maximum Gasteiger partial charge on any atom is 0.265 e. The van der Waals surface area contributed by atoms with E-state index in [2.05, 4.69) is 26.1 Å². The fourth-order valence-corrected chi connectivity index (χ4v) is 2.86. The molecule has 0 aliphatic carbocycles. The molecular formula is C19H21BrN2O3. The zero-order chi connectivity index (χ0) is 17.6. The smallest absolute Gasteiger partial charge is 0.265 e. The van der Waals surface area contributed by atoms with E-state index in [0.717, 1.165) is 42.2 Å². The summed E-state index contributed by atoms with van der Waals surface area (Å²) in [5.41, 5.74) is 1.90. The molecule has 0 aromatic heterocycles. The Hall–Kier alpha value is -2.05. The largest absolute Gasteiger partial charge is 0.481 e. The van der Waals surface area contributed by atoms with Crippen LogP contribution in [0, 0.1) is 0 Å². The third-order valence-corrected chi connectivity index (χ3v) is 4.54. The van der Waals surface area contributed by atoms with Crippen LogP contribution in [0.3, 0.4) is 0 Å². The summed E-state index contributed by atoms with van der Waals surface area (Å²) in [7, 11) is 0. The Morgan fingerprint density at radius 1 is 1.12 bits per heavy atom. The van der Waals surface area contributed by atoms with Gasteiger partial charge in [0.25, 0.3) is 5.91 Å². The van der Waals surface area contributed by atoms with E-state index in [-0.39, 0.29) is 5.91 Å². The number of morpholine rings is 1. The molecule has 1 atom stereocenters. The van der Waals surface area contributed by atoms with Gasteiger partial charge in [0.15, 0.2) is 6.10 Å². The normalized spacial score (nSPS) is 15.5. The third-order valence-electron chi connectivity index (χ3n) is 4.01. The second kappa shape index (κ2) is 8.36. The van der Waals surface area contributed by atoms with Crippen LogP contribution in [0.5, 0.6) is 5.75 Å². The summed E-state index contributed by atoms with van der Waals surface area (Å²) in [6.07, 6.45) is -0.583. The first-order chi connectivity index (χ1) is 12.1. The molecule has 1 saturated heterocycles. The van der Waals surface area contributed by atoms with Gasteiger partial charge in [0, 0.05) is 28.9 Å². The molecule has 1 fully saturated rings. The zero-order valence-corrected chi connectivity index (χ0v) is 15.7. The van der Waals surface area contributed by atoms with Gasteiger partial charge >= 0.3 is 0 Å². The van der Waals surface area contributed by atoms with Gasteiger partial charge in [-0.1, -0.05) is 15.9 Å². The van der Waals surface area contributed by atoms with E-state index < -0.39 is 6.10 Å². The molecule has 2 aromatic rings. The van der Waals surface area contributed by atoms with Crippen molar-refractivity contribution in [2.45, 2.75) is 13.0 Å². The van der Waals surface area contributed by atoms with Crippen molar-refractivity contribution >= 4 is 33.2 Å². The molecule has 1 N–H and O–H groups in total. The number of nitrogens with one attached hydrogen (secondary N) is 1. The van der Waals surface area contributed by atoms with E-state index in [1.54, 1.807) is 6.92 Å². The van der Waals surface area contributed by atoms with E-state index in [4.69, 9.17) is 9.47 Å². The molecule has 1 unspecified atom stereocenters. The predicted octanol–water partition coefficient (Wildman–Crippen LogP) is 3.69. The van der Waals surface area contributed by atoms with Crippen molar-refractivity contribution in [1.29, 1.82) is 0 Å². The SMILES string of the molecule is CC(Oc1ccc(Br)cc1)C(=O)Nc1ccc(N2CCOCC2)cc1. The molecule has 6 heteroatoms. The van der Waals surface area contributed by atoms with Crippen LogP contribution in [-0.4, -0.2) is 38.3 Å². The summed E-state index contributed by atoms with van der Waals surface area (Å²) in [5.74, 6) is 0.482. The highest BCUT2D eigenvalue weighted by Gasteiger charge is 2.15. The number of halogens is 1. The number of carbonyl (C=O) groups excluding carboxylic acids is 1. The number of rotatable bonds is 5. The van der Waals surface area contributed by atoms with Crippen LogP contribution >= 0.6 is 15.9 Å². The van der Waals surface area contributed by atoms with Gasteiger partial charge in [-0.15, -0.1) is 0 Å². The molecule has 3 rings (SSSR count). The monoisotopic (exact) mass is 404 g/mol. The van der Waals surface area contributed by atoms with Crippen molar-refractivity contribution in [3.8, 4) is 5.75 Å². The molecule has 0 radical (unpaired) electrons. The first-order valence-electron chi connectivity index (χ1n) is 8.28. The second-order valence-electron chi connectivity index (χ2n) is 5.85. The minimum Gasteiger partial charge on any atom is -0.481 e. The van der Waals surface area contributed by atoms with E-state index in [9.17, 15) is 4.79 Å². The summed E-state index contributed by atoms with van der Waals surface area (Å²) >= 11 is 3.37. The first-order valence-corrected chi connectivity index (χ1v) is 9.07. The highest BCUT2D eigenvalue weighted by Crippen LogP contribution is 2.20. The van der Waals surface area contributed by atoms with Crippen LogP contribution in [0.2, 0.25) is 0 Å². The van der Waals surface area contributed by atoms with Crippen LogP contribution in [-0.2, 0) is 9.53 Å². The average Bonchev–Trinajstić information content (AvgIpc) is 2.65. The lowest BCUT2D eigenvalue weighted by atomic mass is 10.2. The number of amides is 1. The summed E-state index contributed by atoms with van der Waals surface area (Å²) in [5, 5.41) is 2.89. The fraction of sp³-hybridized carbons (Fsp3) is 0.316. The highest BCUT2D eigenvalue weighted by molar-refractivity contribution is 9.10. The third kappa shape index (κ3) is 4.96. The van der Waals surface area contributed by atoms with Crippen LogP contribution in [0.25, 0.3) is 0 Å². The molecule has 0 saturated carbocycles. The standard InChI is InChI=1S/C19H21BrN2O3/c1-14(25-18-8-2-15(20)3-9-18)19(23)21-16-4-6-17(7-5-16)22-10-12-24-13-11-22/h2-9,14H,10-13H2,1H3,(H,21,23). The predicted molar refractivity (Wildman–Crippen MR) is 102 cm³/mol. The van der Waals surface area contributed by atoms with Gasteiger partial charge in [-0.3, -0.25) is 4.79 Å². The van der Waals surface area contributed by atoms with Crippen molar-refractivity contribution in [1.82, 2.24) is 0 Å². The van der Waals surface area contributed by atoms with E-state index in [1.807, 2.05) is 48.5 Å². The van der Waals surface area contributed by atoms with Crippen molar-refractivity contribution in [3.63, 3.8) is 0 Å².